The molecule has 2 N–H and O–H groups in total. The van der Waals surface area contributed by atoms with E-state index in [1.54, 1.807) is 4.90 Å². The molecule has 4 amide bonds. The van der Waals surface area contributed by atoms with Crippen molar-refractivity contribution in [2.24, 2.45) is 0 Å². The molecule has 0 saturated carbocycles. The van der Waals surface area contributed by atoms with Gasteiger partial charge in [0.1, 0.15) is 12.4 Å². The number of nitrogens with zero attached hydrogens (tertiary/aromatic N) is 3. The van der Waals surface area contributed by atoms with Gasteiger partial charge in [0.15, 0.2) is 0 Å². The van der Waals surface area contributed by atoms with Gasteiger partial charge in [0.25, 0.3) is 5.91 Å². The summed E-state index contributed by atoms with van der Waals surface area (Å²) in [5.74, 6) is -1.07. The number of piperazine rings is 1. The van der Waals surface area contributed by atoms with E-state index < -0.39 is 5.82 Å². The van der Waals surface area contributed by atoms with Gasteiger partial charge in [0, 0.05) is 54.8 Å². The van der Waals surface area contributed by atoms with Gasteiger partial charge in [-0.3, -0.25) is 9.59 Å². The maximum Gasteiger partial charge on any atom is 0.321 e. The monoisotopic (exact) mass is 531 g/mol. The second-order valence-electron chi connectivity index (χ2n) is 9.90. The quantitative estimate of drug-likeness (QED) is 0.451. The molecule has 0 aliphatic carbocycles. The summed E-state index contributed by atoms with van der Waals surface area (Å²) in [6.07, 6.45) is 0. The van der Waals surface area contributed by atoms with Crippen LogP contribution >= 0.6 is 0 Å². The lowest BCUT2D eigenvalue weighted by atomic mass is 10.1. The molecule has 1 heterocycles. The molecule has 1 fully saturated rings. The van der Waals surface area contributed by atoms with Crippen molar-refractivity contribution in [1.82, 2.24) is 9.80 Å². The number of carbonyl (C=O) groups is 3. The summed E-state index contributed by atoms with van der Waals surface area (Å²) in [5.41, 5.74) is 3.87. The molecule has 1 aliphatic rings. The molecule has 8 nitrogen and oxygen atoms in total. The first-order chi connectivity index (χ1) is 18.7. The summed E-state index contributed by atoms with van der Waals surface area (Å²) in [6, 6.07) is 20.2. The molecule has 0 unspecified atom stereocenters. The third-order valence-electron chi connectivity index (χ3n) is 6.68. The lowest BCUT2D eigenvalue weighted by Crippen LogP contribution is -2.50. The van der Waals surface area contributed by atoms with E-state index in [4.69, 9.17) is 0 Å². The number of hydrogen-bond donors (Lipinski definition) is 2. The molecule has 204 valence electrons. The highest BCUT2D eigenvalue weighted by Gasteiger charge is 2.23. The van der Waals surface area contributed by atoms with Gasteiger partial charge >= 0.3 is 6.03 Å². The topological polar surface area (TPSA) is 85.0 Å². The fourth-order valence-electron chi connectivity index (χ4n) is 4.37. The number of aryl methyl sites for hydroxylation is 1. The van der Waals surface area contributed by atoms with Crippen LogP contribution < -0.4 is 15.5 Å². The Balaban J connectivity index is 1.27. The molecular weight excluding hydrogens is 497 g/mol. The third kappa shape index (κ3) is 7.34. The number of rotatable bonds is 7. The average molecular weight is 532 g/mol. The summed E-state index contributed by atoms with van der Waals surface area (Å²) in [6.45, 7) is 8.13. The van der Waals surface area contributed by atoms with Crippen LogP contribution in [0.3, 0.4) is 0 Å². The van der Waals surface area contributed by atoms with Gasteiger partial charge in [-0.05, 0) is 81.4 Å². The van der Waals surface area contributed by atoms with E-state index >= 15 is 0 Å². The number of hydrogen-bond acceptors (Lipinski definition) is 4. The highest BCUT2D eigenvalue weighted by molar-refractivity contribution is 5.99. The minimum atomic E-state index is -0.422. The van der Waals surface area contributed by atoms with Crippen molar-refractivity contribution in [3.8, 4) is 0 Å². The number of urea groups is 1. The predicted octanol–water partition coefficient (Wildman–Crippen LogP) is 4.98. The Labute approximate surface area is 228 Å². The summed E-state index contributed by atoms with van der Waals surface area (Å²) in [4.78, 5) is 43.7. The Bertz CT molecular complexity index is 1290. The summed E-state index contributed by atoms with van der Waals surface area (Å²) in [5, 5.41) is 5.80. The van der Waals surface area contributed by atoms with Crippen molar-refractivity contribution in [1.29, 1.82) is 0 Å². The van der Waals surface area contributed by atoms with Crippen LogP contribution in [0.5, 0.6) is 0 Å². The number of anilines is 3. The third-order valence-corrected chi connectivity index (χ3v) is 6.68. The van der Waals surface area contributed by atoms with E-state index in [0.29, 0.717) is 37.4 Å². The molecular formula is C30H34FN5O3. The second kappa shape index (κ2) is 12.4. The zero-order valence-corrected chi connectivity index (χ0v) is 22.5. The fourth-order valence-corrected chi connectivity index (χ4v) is 4.37. The molecule has 0 radical (unpaired) electrons. The van der Waals surface area contributed by atoms with Gasteiger partial charge < -0.3 is 25.3 Å². The van der Waals surface area contributed by atoms with Gasteiger partial charge in [-0.15, -0.1) is 0 Å². The van der Waals surface area contributed by atoms with Crippen LogP contribution in [-0.4, -0.2) is 66.4 Å². The van der Waals surface area contributed by atoms with Crippen LogP contribution in [0.25, 0.3) is 0 Å². The standard InChI is InChI=1S/C30H34FN5O3/c1-21(2)36(29(38)23-6-8-24(31)9-7-23)20-28(37)32-25-12-14-27(15-13-25)34-16-18-35(19-17-34)30(39)33-26-10-4-22(3)5-11-26/h4-15,21H,16-20H2,1-3H3,(H,32,37)(H,33,39). The van der Waals surface area contributed by atoms with Crippen molar-refractivity contribution in [3.05, 3.63) is 89.7 Å². The van der Waals surface area contributed by atoms with E-state index in [9.17, 15) is 18.8 Å². The molecule has 1 aliphatic heterocycles. The van der Waals surface area contributed by atoms with Crippen LogP contribution in [0.1, 0.15) is 29.8 Å². The maximum absolute atomic E-state index is 13.2. The minimum Gasteiger partial charge on any atom is -0.368 e. The van der Waals surface area contributed by atoms with Gasteiger partial charge in [0.05, 0.1) is 0 Å². The van der Waals surface area contributed by atoms with Crippen molar-refractivity contribution >= 4 is 34.9 Å². The van der Waals surface area contributed by atoms with Crippen molar-refractivity contribution in [3.63, 3.8) is 0 Å². The Morgan fingerprint density at radius 1 is 0.821 bits per heavy atom. The van der Waals surface area contributed by atoms with E-state index in [0.717, 1.165) is 16.9 Å². The van der Waals surface area contributed by atoms with E-state index in [1.807, 2.05) is 69.3 Å². The number of halogens is 1. The lowest BCUT2D eigenvalue weighted by Gasteiger charge is -2.36. The first-order valence-corrected chi connectivity index (χ1v) is 13.0. The Morgan fingerprint density at radius 2 is 1.38 bits per heavy atom. The Morgan fingerprint density at radius 3 is 1.97 bits per heavy atom. The van der Waals surface area contributed by atoms with Crippen LogP contribution in [0.4, 0.5) is 26.2 Å². The highest BCUT2D eigenvalue weighted by atomic mass is 19.1. The van der Waals surface area contributed by atoms with Crippen LogP contribution in [0, 0.1) is 12.7 Å². The molecule has 0 spiro atoms. The molecule has 1 saturated heterocycles. The van der Waals surface area contributed by atoms with Crippen LogP contribution in [0.15, 0.2) is 72.8 Å². The van der Waals surface area contributed by atoms with Gasteiger partial charge in [0.2, 0.25) is 5.91 Å². The summed E-state index contributed by atoms with van der Waals surface area (Å²) < 4.78 is 13.2. The SMILES string of the molecule is Cc1ccc(NC(=O)N2CCN(c3ccc(NC(=O)CN(C(=O)c4ccc(F)cc4)C(C)C)cc3)CC2)cc1. The average Bonchev–Trinajstić information content (AvgIpc) is 2.93. The molecule has 3 aromatic rings. The molecule has 4 rings (SSSR count). The normalized spacial score (nSPS) is 13.3. The van der Waals surface area contributed by atoms with Crippen molar-refractivity contribution in [2.75, 3.05) is 48.3 Å². The number of nitrogens with one attached hydrogen (secondary N) is 2. The summed E-state index contributed by atoms with van der Waals surface area (Å²) in [7, 11) is 0. The first-order valence-electron chi connectivity index (χ1n) is 13.0. The van der Waals surface area contributed by atoms with Gasteiger partial charge in [-0.1, -0.05) is 17.7 Å². The summed E-state index contributed by atoms with van der Waals surface area (Å²) >= 11 is 0. The smallest absolute Gasteiger partial charge is 0.321 e. The number of benzene rings is 3. The number of amides is 4. The molecule has 0 atom stereocenters. The van der Waals surface area contributed by atoms with Crippen molar-refractivity contribution in [2.45, 2.75) is 26.8 Å². The van der Waals surface area contributed by atoms with E-state index in [-0.39, 0.29) is 30.4 Å². The Kier molecular flexibility index (Phi) is 8.81. The van der Waals surface area contributed by atoms with Gasteiger partial charge in [-0.25, -0.2) is 9.18 Å². The van der Waals surface area contributed by atoms with Crippen LogP contribution in [-0.2, 0) is 4.79 Å². The Hall–Kier alpha value is -4.40. The van der Waals surface area contributed by atoms with Crippen LogP contribution in [0.2, 0.25) is 0 Å². The lowest BCUT2D eigenvalue weighted by molar-refractivity contribution is -0.117. The van der Waals surface area contributed by atoms with E-state index in [2.05, 4.69) is 15.5 Å². The second-order valence-corrected chi connectivity index (χ2v) is 9.90. The molecule has 9 heteroatoms. The fraction of sp³-hybridized carbons (Fsp3) is 0.300. The molecule has 0 aromatic heterocycles. The molecule has 0 bridgehead atoms. The predicted molar refractivity (Wildman–Crippen MR) is 152 cm³/mol. The minimum absolute atomic E-state index is 0.107. The van der Waals surface area contributed by atoms with Crippen molar-refractivity contribution < 1.29 is 18.8 Å². The number of carbonyl (C=O) groups excluding carboxylic acids is 3. The zero-order chi connectivity index (χ0) is 27.9. The maximum atomic E-state index is 13.2. The highest BCUT2D eigenvalue weighted by Crippen LogP contribution is 2.20. The molecule has 39 heavy (non-hydrogen) atoms. The first kappa shape index (κ1) is 27.6. The molecule has 3 aromatic carbocycles. The zero-order valence-electron chi connectivity index (χ0n) is 22.5. The van der Waals surface area contributed by atoms with E-state index in [1.165, 1.54) is 29.2 Å². The van der Waals surface area contributed by atoms with Gasteiger partial charge in [-0.2, -0.15) is 0 Å². The largest absolute Gasteiger partial charge is 0.368 e.